The summed E-state index contributed by atoms with van der Waals surface area (Å²) in [4.78, 5) is 37.6. The Morgan fingerprint density at radius 3 is 2.67 bits per heavy atom. The maximum absolute atomic E-state index is 14.3. The Balaban J connectivity index is 1.29. The lowest BCUT2D eigenvalue weighted by Gasteiger charge is -2.28. The number of para-hydroxylation sites is 1. The van der Waals surface area contributed by atoms with Crippen molar-refractivity contribution in [1.82, 2.24) is 19.9 Å². The van der Waals surface area contributed by atoms with Crippen LogP contribution in [-0.4, -0.2) is 50.8 Å². The average Bonchev–Trinajstić information content (AvgIpc) is 3.99. The van der Waals surface area contributed by atoms with Crippen LogP contribution in [0.3, 0.4) is 0 Å². The van der Waals surface area contributed by atoms with Crippen LogP contribution >= 0.6 is 0 Å². The summed E-state index contributed by atoms with van der Waals surface area (Å²) in [5, 5.41) is 18.6. The molecule has 0 radical (unpaired) electrons. The van der Waals surface area contributed by atoms with Crippen molar-refractivity contribution in [1.29, 1.82) is 0 Å². The van der Waals surface area contributed by atoms with Crippen LogP contribution in [0.1, 0.15) is 68.5 Å². The zero-order chi connectivity index (χ0) is 38.1. The van der Waals surface area contributed by atoms with Crippen molar-refractivity contribution in [3.05, 3.63) is 89.3 Å². The van der Waals surface area contributed by atoms with Crippen LogP contribution in [0.2, 0.25) is 0 Å². The van der Waals surface area contributed by atoms with E-state index in [1.54, 1.807) is 27.2 Å². The molecule has 2 unspecified atom stereocenters. The summed E-state index contributed by atoms with van der Waals surface area (Å²) in [6.07, 6.45) is 2.06. The number of fused-ring (bicyclic) bond motifs is 7. The molecule has 55 heavy (non-hydrogen) atoms. The summed E-state index contributed by atoms with van der Waals surface area (Å²) in [6.45, 7) is 7.55. The third kappa shape index (κ3) is 4.60. The van der Waals surface area contributed by atoms with E-state index in [0.29, 0.717) is 23.0 Å². The maximum atomic E-state index is 14.3. The highest BCUT2D eigenvalue weighted by Crippen LogP contribution is 2.61. The lowest BCUT2D eigenvalue weighted by molar-refractivity contribution is -0.135. The van der Waals surface area contributed by atoms with Crippen LogP contribution < -0.4 is 20.1 Å². The Bertz CT molecular complexity index is 2600. The highest BCUT2D eigenvalue weighted by Gasteiger charge is 2.61. The van der Waals surface area contributed by atoms with Gasteiger partial charge in [0.25, 0.3) is 0 Å². The minimum absolute atomic E-state index is 0.122. The number of aliphatic hydroxyl groups is 1. The summed E-state index contributed by atoms with van der Waals surface area (Å²) >= 11 is 0. The third-order valence-electron chi connectivity index (χ3n) is 11.9. The van der Waals surface area contributed by atoms with Crippen LogP contribution in [0, 0.1) is 17.8 Å². The first-order valence-corrected chi connectivity index (χ1v) is 18.8. The number of aromatic nitrogens is 3. The highest BCUT2D eigenvalue weighted by molar-refractivity contribution is 6.10. The molecule has 6 aromatic rings. The summed E-state index contributed by atoms with van der Waals surface area (Å²) in [5.74, 6) is 1.08. The average molecular weight is 740 g/mol. The number of Topliss-reactive ketones (excluding diaryl/α,β-unsaturated/α-hetero) is 1. The van der Waals surface area contributed by atoms with E-state index < -0.39 is 29.7 Å². The van der Waals surface area contributed by atoms with Crippen molar-refractivity contribution >= 4 is 28.3 Å². The minimum Gasteiger partial charge on any atom is -0.495 e. The first-order valence-electron chi connectivity index (χ1n) is 18.8. The number of amides is 1. The van der Waals surface area contributed by atoms with Crippen LogP contribution in [0.15, 0.2) is 69.8 Å². The number of aliphatic hydroxyl groups excluding tert-OH is 1. The number of ketones is 1. The fraction of sp³-hybridized carbons (Fsp3) is 0.349. The van der Waals surface area contributed by atoms with Crippen molar-refractivity contribution in [3.63, 3.8) is 0 Å². The van der Waals surface area contributed by atoms with Gasteiger partial charge in [-0.1, -0.05) is 58.0 Å². The summed E-state index contributed by atoms with van der Waals surface area (Å²) in [7, 11) is 3.66. The zero-order valence-corrected chi connectivity index (χ0v) is 31.4. The molecule has 10 bridgehead atoms. The first kappa shape index (κ1) is 33.7. The van der Waals surface area contributed by atoms with Crippen molar-refractivity contribution < 1.29 is 33.0 Å². The van der Waals surface area contributed by atoms with Gasteiger partial charge < -0.3 is 38.6 Å². The number of hydrogen-bond donors (Lipinski definition) is 3. The molecule has 10 rings (SSSR count). The molecular formula is C43H41N5O7. The third-order valence-corrected chi connectivity index (χ3v) is 11.9. The first-order chi connectivity index (χ1) is 26.5. The largest absolute Gasteiger partial charge is 0.495 e. The minimum atomic E-state index is -1.17. The molecule has 0 fully saturated rings. The lowest BCUT2D eigenvalue weighted by atomic mass is 9.72. The van der Waals surface area contributed by atoms with Gasteiger partial charge >= 0.3 is 0 Å². The predicted molar refractivity (Wildman–Crippen MR) is 204 cm³/mol. The predicted octanol–water partition coefficient (Wildman–Crippen LogP) is 6.92. The number of benzene rings is 3. The number of oxazole rings is 2. The number of anilines is 1. The lowest BCUT2D eigenvalue weighted by Crippen LogP contribution is -2.41. The van der Waals surface area contributed by atoms with Crippen LogP contribution in [0.25, 0.3) is 44.9 Å². The fourth-order valence-electron chi connectivity index (χ4n) is 9.20. The van der Waals surface area contributed by atoms with Crippen molar-refractivity contribution in [3.8, 4) is 45.5 Å². The molecule has 280 valence electrons. The van der Waals surface area contributed by atoms with Gasteiger partial charge in [0, 0.05) is 58.9 Å². The summed E-state index contributed by atoms with van der Waals surface area (Å²) < 4.78 is 28.5. The molecule has 0 saturated carbocycles. The Labute approximate surface area is 316 Å². The summed E-state index contributed by atoms with van der Waals surface area (Å²) in [5.41, 5.74) is 6.52. The normalized spacial score (nSPS) is 22.1. The van der Waals surface area contributed by atoms with Gasteiger partial charge in [-0.2, -0.15) is 0 Å². The van der Waals surface area contributed by atoms with Crippen molar-refractivity contribution in [2.75, 3.05) is 12.4 Å². The number of ether oxygens (including phenoxy) is 2. The second-order valence-electron chi connectivity index (χ2n) is 16.0. The number of nitrogens with zero attached hydrogens (tertiary/aromatic N) is 3. The van der Waals surface area contributed by atoms with Crippen molar-refractivity contribution in [2.24, 2.45) is 24.8 Å². The topological polar surface area (TPSA) is 154 Å². The van der Waals surface area contributed by atoms with Gasteiger partial charge in [-0.05, 0) is 47.6 Å². The number of carbonyl (C=O) groups excluding carboxylic acids is 2. The number of rotatable bonds is 6. The molecule has 0 saturated heterocycles. The molecule has 5 atom stereocenters. The van der Waals surface area contributed by atoms with Crippen LogP contribution in [0.5, 0.6) is 11.5 Å². The van der Waals surface area contributed by atoms with Crippen molar-refractivity contribution in [2.45, 2.75) is 64.3 Å². The smallest absolute Gasteiger partial charge is 0.249 e. The SMILES string of the molecule is COc1ccc2c3c(cn(C)c13)-c1cnc(o1)-c1nc3oc1C14c5cc(ccc5O[C@@H]1Nc1c-2cccc14)CC(CC(=O)[C@@H](O)C(C)C)C(=O)N[C@H]3C(C)C. The molecule has 0 aliphatic carbocycles. The Hall–Kier alpha value is -5.88. The molecule has 4 aliphatic rings. The van der Waals surface area contributed by atoms with Gasteiger partial charge in [0.15, 0.2) is 29.2 Å². The highest BCUT2D eigenvalue weighted by atomic mass is 16.5. The molecule has 3 aromatic heterocycles. The van der Waals surface area contributed by atoms with Crippen LogP contribution in [0.4, 0.5) is 5.69 Å². The quantitative estimate of drug-likeness (QED) is 0.164. The van der Waals surface area contributed by atoms with E-state index >= 15 is 0 Å². The van der Waals surface area contributed by atoms with Crippen LogP contribution in [-0.2, 0) is 28.5 Å². The van der Waals surface area contributed by atoms with E-state index in [4.69, 9.17) is 28.3 Å². The van der Waals surface area contributed by atoms with Gasteiger partial charge in [0.2, 0.25) is 17.7 Å². The second kappa shape index (κ2) is 11.8. The fourth-order valence-corrected chi connectivity index (χ4v) is 9.20. The van der Waals surface area contributed by atoms with Gasteiger partial charge in [-0.25, -0.2) is 9.97 Å². The summed E-state index contributed by atoms with van der Waals surface area (Å²) in [6, 6.07) is 15.6. The molecule has 1 amide bonds. The number of carbonyl (C=O) groups is 2. The molecule has 12 heteroatoms. The van der Waals surface area contributed by atoms with E-state index in [9.17, 15) is 14.7 Å². The molecular weight excluding hydrogens is 699 g/mol. The van der Waals surface area contributed by atoms with E-state index in [1.165, 1.54) is 0 Å². The molecule has 1 spiro atoms. The molecule has 3 aromatic carbocycles. The second-order valence-corrected chi connectivity index (χ2v) is 16.0. The monoisotopic (exact) mass is 739 g/mol. The van der Waals surface area contributed by atoms with Gasteiger partial charge in [-0.3, -0.25) is 9.59 Å². The number of hydrogen-bond acceptors (Lipinski definition) is 10. The van der Waals surface area contributed by atoms with Gasteiger partial charge in [-0.15, -0.1) is 0 Å². The van der Waals surface area contributed by atoms with E-state index in [2.05, 4.69) is 41.0 Å². The number of aryl methyl sites for hydroxylation is 1. The zero-order valence-electron chi connectivity index (χ0n) is 31.4. The Morgan fingerprint density at radius 1 is 1.05 bits per heavy atom. The van der Waals surface area contributed by atoms with E-state index in [-0.39, 0.29) is 48.1 Å². The van der Waals surface area contributed by atoms with Gasteiger partial charge in [0.05, 0.1) is 18.8 Å². The number of methoxy groups -OCH3 is 1. The van der Waals surface area contributed by atoms with E-state index in [1.807, 2.05) is 49.9 Å². The Kier molecular flexibility index (Phi) is 7.23. The Morgan fingerprint density at radius 2 is 1.89 bits per heavy atom. The molecule has 7 heterocycles. The molecule has 12 nitrogen and oxygen atoms in total. The maximum Gasteiger partial charge on any atom is 0.249 e. The molecule has 3 N–H and O–H groups in total. The van der Waals surface area contributed by atoms with Gasteiger partial charge in [0.1, 0.15) is 29.1 Å². The standard InChI is InChI=1S/C43H41N5O7/c1-19(2)33-41-46-35-38(55-41)43-26-9-7-8-24(23-11-13-30(52-6)36-32(23)25(18-48(36)5)31-17-44-40(35)53-31)34(26)47-42(43)54-29-12-10-21(15-27(29)43)14-22(39(51)45-33)16-28(49)37(50)20(3)4/h7-13,15,17-20,22,33,37,42,47,50H,14,16H2,1-6H3,(H,45,51)/t22?,33-,37-,42-,43?/m0/s1. The van der Waals surface area contributed by atoms with E-state index in [0.717, 1.165) is 55.7 Å². The molecule has 4 aliphatic heterocycles. The number of nitrogens with one attached hydrogen (secondary N) is 2.